The van der Waals surface area contributed by atoms with Gasteiger partial charge in [0, 0.05) is 36.6 Å². The lowest BCUT2D eigenvalue weighted by Crippen LogP contribution is -2.35. The van der Waals surface area contributed by atoms with E-state index in [1.54, 1.807) is 11.1 Å². The molecule has 0 bridgehead atoms. The van der Waals surface area contributed by atoms with E-state index in [-0.39, 0.29) is 12.1 Å². The Bertz CT molecular complexity index is 1010. The summed E-state index contributed by atoms with van der Waals surface area (Å²) in [5, 5.41) is 5.59. The van der Waals surface area contributed by atoms with E-state index >= 15 is 0 Å². The van der Waals surface area contributed by atoms with E-state index in [9.17, 15) is 4.79 Å². The normalized spacial score (nSPS) is 17.1. The van der Waals surface area contributed by atoms with Crippen molar-refractivity contribution in [2.24, 2.45) is 0 Å². The molecule has 0 radical (unpaired) electrons. The summed E-state index contributed by atoms with van der Waals surface area (Å²) in [6.07, 6.45) is 8.12. The minimum atomic E-state index is -0.472. The zero-order chi connectivity index (χ0) is 20.4. The Kier molecular flexibility index (Phi) is 5.22. The molecule has 1 aliphatic heterocycles. The second kappa shape index (κ2) is 7.81. The lowest BCUT2D eigenvalue weighted by Gasteiger charge is -2.24. The van der Waals surface area contributed by atoms with Crippen LogP contribution >= 0.6 is 0 Å². The highest BCUT2D eigenvalue weighted by Crippen LogP contribution is 2.23. The van der Waals surface area contributed by atoms with Gasteiger partial charge < -0.3 is 9.64 Å². The second-order valence-electron chi connectivity index (χ2n) is 8.55. The third kappa shape index (κ3) is 4.72. The number of likely N-dealkylation sites (tertiary alicyclic amines) is 1. The van der Waals surface area contributed by atoms with Crippen LogP contribution in [0.5, 0.6) is 0 Å². The fourth-order valence-corrected chi connectivity index (χ4v) is 3.56. The zero-order valence-corrected chi connectivity index (χ0v) is 17.2. The molecule has 0 saturated carbocycles. The van der Waals surface area contributed by atoms with Crippen molar-refractivity contribution in [1.29, 1.82) is 0 Å². The number of rotatable bonds is 4. The van der Waals surface area contributed by atoms with Crippen LogP contribution in [0.1, 0.15) is 44.5 Å². The number of fused-ring (bicyclic) bond motifs is 1. The predicted octanol–water partition coefficient (Wildman–Crippen LogP) is 3.79. The number of carbonyl (C=O) groups is 1. The van der Waals surface area contributed by atoms with Gasteiger partial charge in [0.05, 0.1) is 12.2 Å². The van der Waals surface area contributed by atoms with Crippen molar-refractivity contribution in [3.63, 3.8) is 0 Å². The number of aryl methyl sites for hydroxylation is 2. The van der Waals surface area contributed by atoms with Crippen LogP contribution in [0.4, 0.5) is 4.79 Å². The van der Waals surface area contributed by atoms with Crippen molar-refractivity contribution in [2.45, 2.75) is 51.7 Å². The first-order chi connectivity index (χ1) is 13.9. The van der Waals surface area contributed by atoms with E-state index in [1.807, 2.05) is 43.8 Å². The minimum Gasteiger partial charge on any atom is -0.444 e. The number of amides is 1. The Balaban J connectivity index is 1.34. The van der Waals surface area contributed by atoms with E-state index in [2.05, 4.69) is 33.4 Å². The zero-order valence-electron chi connectivity index (χ0n) is 17.2. The van der Waals surface area contributed by atoms with Crippen molar-refractivity contribution in [3.05, 3.63) is 54.1 Å². The molecule has 7 heteroatoms. The number of carbonyl (C=O) groups excluding carboxylic acids is 1. The van der Waals surface area contributed by atoms with Gasteiger partial charge in [0.15, 0.2) is 5.65 Å². The number of nitrogens with zero attached hydrogens (tertiary/aromatic N) is 5. The van der Waals surface area contributed by atoms with Crippen LogP contribution in [-0.4, -0.2) is 49.4 Å². The fourth-order valence-electron chi connectivity index (χ4n) is 3.56. The molecule has 0 aliphatic carbocycles. The Morgan fingerprint density at radius 1 is 1.24 bits per heavy atom. The standard InChI is InChI=1S/C22H27N5O2/c1-22(2,3)29-21(28)26-12-10-19(15-26)27-14-16(13-24-27)6-8-18-9-7-17-5-4-11-23-20(17)25-18/h4-5,7,9,11,13-14,19H,6,8,10,12,15H2,1-3H3. The molecule has 4 heterocycles. The monoisotopic (exact) mass is 393 g/mol. The summed E-state index contributed by atoms with van der Waals surface area (Å²) in [6, 6.07) is 8.26. The van der Waals surface area contributed by atoms with Crippen LogP contribution in [0, 0.1) is 0 Å². The molecule has 1 amide bonds. The minimum absolute atomic E-state index is 0.194. The van der Waals surface area contributed by atoms with Gasteiger partial charge in [-0.15, -0.1) is 0 Å². The molecule has 1 fully saturated rings. The molecule has 1 atom stereocenters. The van der Waals surface area contributed by atoms with E-state index in [0.717, 1.165) is 36.0 Å². The van der Waals surface area contributed by atoms with Crippen molar-refractivity contribution < 1.29 is 9.53 Å². The maximum Gasteiger partial charge on any atom is 0.410 e. The molecule has 0 aromatic carbocycles. The molecule has 152 valence electrons. The van der Waals surface area contributed by atoms with Crippen LogP contribution < -0.4 is 0 Å². The summed E-state index contributed by atoms with van der Waals surface area (Å²) in [5.74, 6) is 0. The first-order valence-corrected chi connectivity index (χ1v) is 10.1. The summed E-state index contributed by atoms with van der Waals surface area (Å²) in [6.45, 7) is 6.99. The maximum absolute atomic E-state index is 12.3. The van der Waals surface area contributed by atoms with Gasteiger partial charge in [-0.3, -0.25) is 4.68 Å². The molecule has 29 heavy (non-hydrogen) atoms. The third-order valence-corrected chi connectivity index (χ3v) is 5.04. The van der Waals surface area contributed by atoms with Crippen LogP contribution in [0.15, 0.2) is 42.9 Å². The highest BCUT2D eigenvalue weighted by atomic mass is 16.6. The summed E-state index contributed by atoms with van der Waals surface area (Å²) >= 11 is 0. The molecule has 1 aliphatic rings. The molecular formula is C22H27N5O2. The van der Waals surface area contributed by atoms with E-state index in [4.69, 9.17) is 4.74 Å². The van der Waals surface area contributed by atoms with Gasteiger partial charge in [-0.1, -0.05) is 0 Å². The van der Waals surface area contributed by atoms with Gasteiger partial charge in [0.1, 0.15) is 5.60 Å². The fraction of sp³-hybridized carbons (Fsp3) is 0.455. The quantitative estimate of drug-likeness (QED) is 0.674. The van der Waals surface area contributed by atoms with Crippen LogP contribution in [0.25, 0.3) is 11.0 Å². The van der Waals surface area contributed by atoms with E-state index in [1.165, 1.54) is 5.56 Å². The third-order valence-electron chi connectivity index (χ3n) is 5.04. The van der Waals surface area contributed by atoms with Crippen LogP contribution in [0.3, 0.4) is 0 Å². The van der Waals surface area contributed by atoms with Gasteiger partial charge in [-0.2, -0.15) is 5.10 Å². The smallest absolute Gasteiger partial charge is 0.410 e. The Morgan fingerprint density at radius 2 is 2.10 bits per heavy atom. The van der Waals surface area contributed by atoms with Gasteiger partial charge in [-0.25, -0.2) is 14.8 Å². The average Bonchev–Trinajstić information content (AvgIpc) is 3.34. The van der Waals surface area contributed by atoms with Gasteiger partial charge in [0.2, 0.25) is 0 Å². The Labute approximate surface area is 170 Å². The number of pyridine rings is 2. The van der Waals surface area contributed by atoms with Crippen molar-refractivity contribution in [3.8, 4) is 0 Å². The molecule has 4 rings (SSSR count). The first kappa shape index (κ1) is 19.4. The molecular weight excluding hydrogens is 366 g/mol. The Hall–Kier alpha value is -2.96. The van der Waals surface area contributed by atoms with Crippen molar-refractivity contribution in [2.75, 3.05) is 13.1 Å². The molecule has 0 N–H and O–H groups in total. The molecule has 3 aromatic rings. The largest absolute Gasteiger partial charge is 0.444 e. The van der Waals surface area contributed by atoms with Crippen molar-refractivity contribution >= 4 is 17.1 Å². The summed E-state index contributed by atoms with van der Waals surface area (Å²) in [5.41, 5.74) is 2.51. The summed E-state index contributed by atoms with van der Waals surface area (Å²) < 4.78 is 7.46. The average molecular weight is 393 g/mol. The lowest BCUT2D eigenvalue weighted by atomic mass is 10.1. The highest BCUT2D eigenvalue weighted by Gasteiger charge is 2.31. The number of aromatic nitrogens is 4. The maximum atomic E-state index is 12.3. The molecule has 3 aromatic heterocycles. The van der Waals surface area contributed by atoms with E-state index < -0.39 is 5.60 Å². The Morgan fingerprint density at radius 3 is 2.93 bits per heavy atom. The SMILES string of the molecule is CC(C)(C)OC(=O)N1CCC(n2cc(CCc3ccc4cccnc4n3)cn2)C1. The molecule has 7 nitrogen and oxygen atoms in total. The first-order valence-electron chi connectivity index (χ1n) is 10.1. The number of ether oxygens (including phenoxy) is 1. The molecule has 0 spiro atoms. The summed E-state index contributed by atoms with van der Waals surface area (Å²) in [7, 11) is 0. The number of hydrogen-bond donors (Lipinski definition) is 0. The van der Waals surface area contributed by atoms with Crippen molar-refractivity contribution in [1.82, 2.24) is 24.6 Å². The summed E-state index contributed by atoms with van der Waals surface area (Å²) in [4.78, 5) is 23.0. The topological polar surface area (TPSA) is 73.1 Å². The van der Waals surface area contributed by atoms with Gasteiger partial charge >= 0.3 is 6.09 Å². The molecule has 1 saturated heterocycles. The van der Waals surface area contributed by atoms with Gasteiger partial charge in [0.25, 0.3) is 0 Å². The van der Waals surface area contributed by atoms with Crippen LogP contribution in [-0.2, 0) is 17.6 Å². The molecule has 1 unspecified atom stereocenters. The van der Waals surface area contributed by atoms with E-state index in [0.29, 0.717) is 13.1 Å². The lowest BCUT2D eigenvalue weighted by molar-refractivity contribution is 0.0288. The number of hydrogen-bond acceptors (Lipinski definition) is 5. The van der Waals surface area contributed by atoms with Crippen LogP contribution in [0.2, 0.25) is 0 Å². The van der Waals surface area contributed by atoms with Gasteiger partial charge in [-0.05, 0) is 69.9 Å². The predicted molar refractivity (Wildman–Crippen MR) is 111 cm³/mol. The second-order valence-corrected chi connectivity index (χ2v) is 8.55. The highest BCUT2D eigenvalue weighted by molar-refractivity contribution is 5.74.